The van der Waals surface area contributed by atoms with E-state index >= 15 is 0 Å². The Kier molecular flexibility index (Phi) is 5.42. The predicted octanol–water partition coefficient (Wildman–Crippen LogP) is 3.22. The monoisotopic (exact) mass is 308 g/mol. The Bertz CT molecular complexity index is 478. The van der Waals surface area contributed by atoms with Crippen LogP contribution in [0, 0.1) is 23.5 Å². The first-order chi connectivity index (χ1) is 10.7. The fourth-order valence-electron chi connectivity index (χ4n) is 3.80. The quantitative estimate of drug-likeness (QED) is 0.919. The molecule has 1 N–H and O–H groups in total. The molecule has 3 rings (SSSR count). The van der Waals surface area contributed by atoms with E-state index in [1.54, 1.807) is 6.07 Å². The molecule has 1 aromatic rings. The highest BCUT2D eigenvalue weighted by molar-refractivity contribution is 5.18. The number of nitrogens with one attached hydrogen (secondary N) is 1. The number of likely N-dealkylation sites (tertiary alicyclic amines) is 1. The molecule has 2 nitrogen and oxygen atoms in total. The molecule has 1 aromatic carbocycles. The molecule has 0 aliphatic carbocycles. The lowest BCUT2D eigenvalue weighted by Gasteiger charge is -2.35. The molecule has 2 aliphatic rings. The van der Waals surface area contributed by atoms with Gasteiger partial charge < -0.3 is 10.2 Å². The zero-order valence-electron chi connectivity index (χ0n) is 13.2. The molecule has 0 amide bonds. The summed E-state index contributed by atoms with van der Waals surface area (Å²) >= 11 is 0. The minimum atomic E-state index is -0.749. The van der Waals surface area contributed by atoms with Crippen LogP contribution in [0.5, 0.6) is 0 Å². The molecule has 0 aromatic heterocycles. The molecule has 0 spiro atoms. The first-order valence-electron chi connectivity index (χ1n) is 8.57. The van der Waals surface area contributed by atoms with Gasteiger partial charge in [0.25, 0.3) is 0 Å². The van der Waals surface area contributed by atoms with Crippen LogP contribution in [0.2, 0.25) is 0 Å². The smallest absolute Gasteiger partial charge is 0.159 e. The number of benzene rings is 1. The van der Waals surface area contributed by atoms with Crippen molar-refractivity contribution in [3.8, 4) is 0 Å². The van der Waals surface area contributed by atoms with Gasteiger partial charge in [0.2, 0.25) is 0 Å². The Labute approximate surface area is 131 Å². The maximum atomic E-state index is 13.3. The highest BCUT2D eigenvalue weighted by atomic mass is 19.2. The van der Waals surface area contributed by atoms with E-state index in [1.165, 1.54) is 44.4 Å². The Hall–Kier alpha value is -1.00. The van der Waals surface area contributed by atoms with Gasteiger partial charge in [0.15, 0.2) is 11.6 Å². The Morgan fingerprint density at radius 2 is 1.68 bits per heavy atom. The molecule has 0 radical (unpaired) electrons. The zero-order valence-corrected chi connectivity index (χ0v) is 13.2. The van der Waals surface area contributed by atoms with Crippen LogP contribution in [-0.4, -0.2) is 37.6 Å². The van der Waals surface area contributed by atoms with Crippen LogP contribution < -0.4 is 5.32 Å². The summed E-state index contributed by atoms with van der Waals surface area (Å²) in [6, 6.07) is 4.33. The first kappa shape index (κ1) is 15.9. The highest BCUT2D eigenvalue weighted by Crippen LogP contribution is 2.24. The van der Waals surface area contributed by atoms with Gasteiger partial charge in [-0.3, -0.25) is 0 Å². The Morgan fingerprint density at radius 3 is 2.36 bits per heavy atom. The number of hydrogen-bond donors (Lipinski definition) is 1. The fraction of sp³-hybridized carbons (Fsp3) is 0.667. The van der Waals surface area contributed by atoms with Crippen molar-refractivity contribution < 1.29 is 8.78 Å². The fourth-order valence-corrected chi connectivity index (χ4v) is 3.80. The van der Waals surface area contributed by atoms with Gasteiger partial charge in [0, 0.05) is 6.54 Å². The van der Waals surface area contributed by atoms with Crippen LogP contribution in [0.15, 0.2) is 18.2 Å². The lowest BCUT2D eigenvalue weighted by Crippen LogP contribution is -2.40. The van der Waals surface area contributed by atoms with Crippen LogP contribution in [0.1, 0.15) is 31.2 Å². The molecule has 2 aliphatic heterocycles. The maximum absolute atomic E-state index is 13.3. The van der Waals surface area contributed by atoms with Gasteiger partial charge in [-0.2, -0.15) is 0 Å². The van der Waals surface area contributed by atoms with Crippen molar-refractivity contribution in [2.45, 2.75) is 32.1 Å². The average molecular weight is 308 g/mol. The molecule has 22 heavy (non-hydrogen) atoms. The molecule has 0 unspecified atom stereocenters. The second kappa shape index (κ2) is 7.51. The molecular weight excluding hydrogens is 282 g/mol. The van der Waals surface area contributed by atoms with E-state index in [9.17, 15) is 8.78 Å². The molecule has 0 bridgehead atoms. The molecule has 2 saturated heterocycles. The summed E-state index contributed by atoms with van der Waals surface area (Å²) in [7, 11) is 0. The van der Waals surface area contributed by atoms with Crippen molar-refractivity contribution in [2.24, 2.45) is 11.8 Å². The molecule has 0 saturated carbocycles. The molecule has 122 valence electrons. The predicted molar refractivity (Wildman–Crippen MR) is 84.8 cm³/mol. The summed E-state index contributed by atoms with van der Waals surface area (Å²) in [4.78, 5) is 2.59. The second-order valence-corrected chi connectivity index (χ2v) is 6.89. The molecular formula is C18H26F2N2. The van der Waals surface area contributed by atoms with Gasteiger partial charge in [-0.25, -0.2) is 8.78 Å². The molecule has 2 heterocycles. The average Bonchev–Trinajstić information content (AvgIpc) is 2.54. The summed E-state index contributed by atoms with van der Waals surface area (Å²) < 4.78 is 26.2. The van der Waals surface area contributed by atoms with E-state index in [-0.39, 0.29) is 0 Å². The molecule has 0 atom stereocenters. The summed E-state index contributed by atoms with van der Waals surface area (Å²) in [5.41, 5.74) is 0.927. The number of rotatable bonds is 4. The number of nitrogens with zero attached hydrogens (tertiary/aromatic N) is 1. The van der Waals surface area contributed by atoms with Crippen LogP contribution in [0.25, 0.3) is 0 Å². The lowest BCUT2D eigenvalue weighted by atomic mass is 9.89. The van der Waals surface area contributed by atoms with Gasteiger partial charge in [-0.15, -0.1) is 0 Å². The Balaban J connectivity index is 1.44. The van der Waals surface area contributed by atoms with Crippen molar-refractivity contribution in [3.63, 3.8) is 0 Å². The van der Waals surface area contributed by atoms with E-state index in [4.69, 9.17) is 0 Å². The van der Waals surface area contributed by atoms with E-state index in [0.29, 0.717) is 5.92 Å². The summed E-state index contributed by atoms with van der Waals surface area (Å²) in [5, 5.41) is 3.42. The zero-order chi connectivity index (χ0) is 15.4. The first-order valence-corrected chi connectivity index (χ1v) is 8.57. The van der Waals surface area contributed by atoms with Crippen molar-refractivity contribution in [2.75, 3.05) is 32.7 Å². The minimum absolute atomic E-state index is 0.606. The van der Waals surface area contributed by atoms with Gasteiger partial charge >= 0.3 is 0 Å². The van der Waals surface area contributed by atoms with Crippen LogP contribution in [0.4, 0.5) is 8.78 Å². The normalized spacial score (nSPS) is 22.1. The van der Waals surface area contributed by atoms with Gasteiger partial charge in [-0.05, 0) is 87.8 Å². The highest BCUT2D eigenvalue weighted by Gasteiger charge is 2.23. The van der Waals surface area contributed by atoms with Crippen molar-refractivity contribution >= 4 is 0 Å². The second-order valence-electron chi connectivity index (χ2n) is 6.89. The van der Waals surface area contributed by atoms with Gasteiger partial charge in [-0.1, -0.05) is 6.07 Å². The lowest BCUT2D eigenvalue weighted by molar-refractivity contribution is 0.148. The van der Waals surface area contributed by atoms with E-state index in [0.717, 1.165) is 44.1 Å². The van der Waals surface area contributed by atoms with Crippen LogP contribution in [-0.2, 0) is 6.42 Å². The molecule has 4 heteroatoms. The third-order valence-electron chi connectivity index (χ3n) is 5.19. The van der Waals surface area contributed by atoms with E-state index in [2.05, 4.69) is 10.2 Å². The third-order valence-corrected chi connectivity index (χ3v) is 5.19. The SMILES string of the molecule is Fc1ccc(CC2CCN(CC3CCNCC3)CC2)cc1F. The standard InChI is InChI=1S/C18H26F2N2/c19-17-2-1-16(12-18(17)20)11-14-5-9-22(10-6-14)13-15-3-7-21-8-4-15/h1-2,12,14-15,21H,3-11,13H2. The molecule has 2 fully saturated rings. The van der Waals surface area contributed by atoms with Crippen molar-refractivity contribution in [1.82, 2.24) is 10.2 Å². The Morgan fingerprint density at radius 1 is 0.955 bits per heavy atom. The third kappa shape index (κ3) is 4.26. The summed E-state index contributed by atoms with van der Waals surface area (Å²) in [6.45, 7) is 5.87. The summed E-state index contributed by atoms with van der Waals surface area (Å²) in [5.74, 6) is -0.0143. The topological polar surface area (TPSA) is 15.3 Å². The maximum Gasteiger partial charge on any atom is 0.159 e. The van der Waals surface area contributed by atoms with Gasteiger partial charge in [0.1, 0.15) is 0 Å². The minimum Gasteiger partial charge on any atom is -0.317 e. The van der Waals surface area contributed by atoms with E-state index < -0.39 is 11.6 Å². The van der Waals surface area contributed by atoms with Crippen molar-refractivity contribution in [1.29, 1.82) is 0 Å². The van der Waals surface area contributed by atoms with Gasteiger partial charge in [0.05, 0.1) is 0 Å². The number of hydrogen-bond acceptors (Lipinski definition) is 2. The number of halogens is 2. The van der Waals surface area contributed by atoms with Crippen molar-refractivity contribution in [3.05, 3.63) is 35.4 Å². The number of piperidine rings is 2. The van der Waals surface area contributed by atoms with Crippen LogP contribution in [0.3, 0.4) is 0 Å². The van der Waals surface area contributed by atoms with E-state index in [1.807, 2.05) is 0 Å². The summed E-state index contributed by atoms with van der Waals surface area (Å²) in [6.07, 6.45) is 5.82. The van der Waals surface area contributed by atoms with Crippen LogP contribution >= 0.6 is 0 Å². The largest absolute Gasteiger partial charge is 0.317 e.